The summed E-state index contributed by atoms with van der Waals surface area (Å²) in [4.78, 5) is 6.65. The minimum atomic E-state index is 0.474. The molecule has 1 saturated heterocycles. The van der Waals surface area contributed by atoms with Gasteiger partial charge < -0.3 is 9.47 Å². The maximum atomic E-state index is 4.45. The van der Waals surface area contributed by atoms with Crippen LogP contribution in [-0.2, 0) is 13.5 Å². The van der Waals surface area contributed by atoms with Gasteiger partial charge in [-0.05, 0) is 37.0 Å². The molecule has 1 fully saturated rings. The maximum absolute atomic E-state index is 4.45. The van der Waals surface area contributed by atoms with Crippen LogP contribution < -0.4 is 4.90 Å². The van der Waals surface area contributed by atoms with Gasteiger partial charge in [0.2, 0.25) is 0 Å². The number of hydrogen-bond acceptors (Lipinski definition) is 5. The van der Waals surface area contributed by atoms with E-state index < -0.39 is 0 Å². The zero-order valence-corrected chi connectivity index (χ0v) is 14.7. The molecule has 0 saturated carbocycles. The quantitative estimate of drug-likeness (QED) is 0.792. The number of nitrogens with one attached hydrogen (secondary N) is 1. The Morgan fingerprint density at radius 3 is 2.92 bits per heavy atom. The molecule has 130 valence electrons. The lowest BCUT2D eigenvalue weighted by Gasteiger charge is -2.33. The fourth-order valence-electron chi connectivity index (χ4n) is 3.60. The lowest BCUT2D eigenvalue weighted by atomic mass is 9.92. The van der Waals surface area contributed by atoms with E-state index in [1.54, 1.807) is 6.20 Å². The van der Waals surface area contributed by atoms with Crippen LogP contribution in [0.4, 0.5) is 5.82 Å². The predicted molar refractivity (Wildman–Crippen MR) is 96.4 cm³/mol. The van der Waals surface area contributed by atoms with Gasteiger partial charge >= 0.3 is 0 Å². The summed E-state index contributed by atoms with van der Waals surface area (Å²) in [5.41, 5.74) is 3.40. The number of piperidine rings is 1. The molecule has 1 atom stereocenters. The molecule has 7 heteroatoms. The number of anilines is 1. The molecule has 0 spiro atoms. The van der Waals surface area contributed by atoms with Gasteiger partial charge in [0.05, 0.1) is 6.20 Å². The van der Waals surface area contributed by atoms with Crippen molar-refractivity contribution in [1.82, 2.24) is 29.9 Å². The molecule has 3 aromatic rings. The summed E-state index contributed by atoms with van der Waals surface area (Å²) in [5, 5.41) is 16.3. The highest BCUT2D eigenvalue weighted by Gasteiger charge is 2.25. The predicted octanol–water partition coefficient (Wildman–Crippen LogP) is 2.55. The van der Waals surface area contributed by atoms with Crippen molar-refractivity contribution in [1.29, 1.82) is 0 Å². The highest BCUT2D eigenvalue weighted by atomic mass is 15.3. The summed E-state index contributed by atoms with van der Waals surface area (Å²) in [6, 6.07) is 4.05. The van der Waals surface area contributed by atoms with Crippen molar-refractivity contribution >= 4 is 5.82 Å². The fourth-order valence-corrected chi connectivity index (χ4v) is 3.60. The third-order valence-electron chi connectivity index (χ3n) is 4.99. The van der Waals surface area contributed by atoms with Gasteiger partial charge in [0.25, 0.3) is 0 Å². The molecule has 7 nitrogen and oxygen atoms in total. The van der Waals surface area contributed by atoms with Crippen molar-refractivity contribution in [2.75, 3.05) is 18.0 Å². The van der Waals surface area contributed by atoms with Crippen LogP contribution in [0, 0.1) is 0 Å². The first-order chi connectivity index (χ1) is 12.3. The Morgan fingerprint density at radius 1 is 1.28 bits per heavy atom. The van der Waals surface area contributed by atoms with Gasteiger partial charge in [0.15, 0.2) is 11.6 Å². The lowest BCUT2D eigenvalue weighted by Crippen LogP contribution is -2.35. The number of hydrogen-bond donors (Lipinski definition) is 1. The zero-order valence-electron chi connectivity index (χ0n) is 14.7. The summed E-state index contributed by atoms with van der Waals surface area (Å²) >= 11 is 0. The number of rotatable bonds is 4. The average Bonchev–Trinajstić information content (AvgIpc) is 3.30. The molecule has 1 aliphatic rings. The van der Waals surface area contributed by atoms with Crippen molar-refractivity contribution in [3.63, 3.8) is 0 Å². The Bertz CT molecular complexity index is 833. The van der Waals surface area contributed by atoms with Crippen molar-refractivity contribution in [2.24, 2.45) is 7.05 Å². The Hall–Kier alpha value is -2.70. The van der Waals surface area contributed by atoms with E-state index in [4.69, 9.17) is 0 Å². The normalized spacial score (nSPS) is 17.8. The molecule has 0 aromatic carbocycles. The molecule has 0 amide bonds. The second-order valence-corrected chi connectivity index (χ2v) is 6.59. The number of aryl methyl sites for hydroxylation is 2. The van der Waals surface area contributed by atoms with Gasteiger partial charge in [-0.1, -0.05) is 6.92 Å². The summed E-state index contributed by atoms with van der Waals surface area (Å²) in [6.07, 6.45) is 8.99. The maximum Gasteiger partial charge on any atom is 0.160 e. The van der Waals surface area contributed by atoms with Crippen LogP contribution >= 0.6 is 0 Å². The molecule has 4 heterocycles. The Balaban J connectivity index is 1.52. The van der Waals surface area contributed by atoms with Crippen LogP contribution in [0.1, 0.15) is 36.9 Å². The molecule has 3 aromatic heterocycles. The SMILES string of the molecule is CCc1cn[nH]c1C1CCCN(c2ccc(-c3nccn3C)nn2)C1. The van der Waals surface area contributed by atoms with Gasteiger partial charge in [0, 0.05) is 44.1 Å². The molecular formula is C18H23N7. The second kappa shape index (κ2) is 6.66. The van der Waals surface area contributed by atoms with E-state index >= 15 is 0 Å². The number of aromatic amines is 1. The minimum Gasteiger partial charge on any atom is -0.354 e. The molecule has 1 aliphatic heterocycles. The van der Waals surface area contributed by atoms with Crippen LogP contribution in [0.15, 0.2) is 30.7 Å². The van der Waals surface area contributed by atoms with E-state index in [0.717, 1.165) is 43.3 Å². The largest absolute Gasteiger partial charge is 0.354 e. The first-order valence-electron chi connectivity index (χ1n) is 8.84. The standard InChI is InChI=1S/C18H23N7/c1-3-13-11-20-23-17(13)14-5-4-9-25(12-14)16-7-6-15(21-22-16)18-19-8-10-24(18)2/h6-8,10-11,14H,3-5,9,12H2,1-2H3,(H,20,23). The van der Waals surface area contributed by atoms with Crippen LogP contribution in [0.3, 0.4) is 0 Å². The topological polar surface area (TPSA) is 75.5 Å². The molecule has 0 bridgehead atoms. The van der Waals surface area contributed by atoms with Gasteiger partial charge in [-0.25, -0.2) is 4.98 Å². The second-order valence-electron chi connectivity index (χ2n) is 6.59. The molecule has 1 unspecified atom stereocenters. The van der Waals surface area contributed by atoms with Gasteiger partial charge in [-0.15, -0.1) is 10.2 Å². The van der Waals surface area contributed by atoms with E-state index in [2.05, 4.69) is 37.2 Å². The molecule has 25 heavy (non-hydrogen) atoms. The summed E-state index contributed by atoms with van der Waals surface area (Å²) in [5.74, 6) is 2.24. The molecule has 4 rings (SSSR count). The first-order valence-corrected chi connectivity index (χ1v) is 8.84. The van der Waals surface area contributed by atoms with Crippen molar-refractivity contribution in [3.8, 4) is 11.5 Å². The van der Waals surface area contributed by atoms with E-state index in [0.29, 0.717) is 5.92 Å². The monoisotopic (exact) mass is 337 g/mol. The van der Waals surface area contributed by atoms with E-state index in [1.165, 1.54) is 17.7 Å². The number of aromatic nitrogens is 6. The Labute approximate surface area is 147 Å². The van der Waals surface area contributed by atoms with Crippen molar-refractivity contribution < 1.29 is 0 Å². The highest BCUT2D eigenvalue weighted by Crippen LogP contribution is 2.30. The first kappa shape index (κ1) is 15.8. The third-order valence-corrected chi connectivity index (χ3v) is 4.99. The van der Waals surface area contributed by atoms with Crippen LogP contribution in [-0.4, -0.2) is 43.0 Å². The highest BCUT2D eigenvalue weighted by molar-refractivity contribution is 5.52. The summed E-state index contributed by atoms with van der Waals surface area (Å²) < 4.78 is 1.95. The van der Waals surface area contributed by atoms with Gasteiger partial charge in [-0.3, -0.25) is 5.10 Å². The number of nitrogens with zero attached hydrogens (tertiary/aromatic N) is 6. The van der Waals surface area contributed by atoms with Crippen LogP contribution in [0.5, 0.6) is 0 Å². The third kappa shape index (κ3) is 3.01. The van der Waals surface area contributed by atoms with Crippen LogP contribution in [0.2, 0.25) is 0 Å². The summed E-state index contributed by atoms with van der Waals surface area (Å²) in [7, 11) is 1.96. The molecule has 0 aliphatic carbocycles. The Morgan fingerprint density at radius 2 is 2.20 bits per heavy atom. The minimum absolute atomic E-state index is 0.474. The van der Waals surface area contributed by atoms with Crippen molar-refractivity contribution in [2.45, 2.75) is 32.1 Å². The zero-order chi connectivity index (χ0) is 17.2. The van der Waals surface area contributed by atoms with Crippen LogP contribution in [0.25, 0.3) is 11.5 Å². The van der Waals surface area contributed by atoms with E-state index in [9.17, 15) is 0 Å². The number of H-pyrrole nitrogens is 1. The van der Waals surface area contributed by atoms with Gasteiger partial charge in [-0.2, -0.15) is 5.10 Å². The Kier molecular flexibility index (Phi) is 4.21. The average molecular weight is 337 g/mol. The summed E-state index contributed by atoms with van der Waals surface area (Å²) in [6.45, 7) is 4.14. The van der Waals surface area contributed by atoms with E-state index in [1.807, 2.05) is 36.1 Å². The van der Waals surface area contributed by atoms with Crippen molar-refractivity contribution in [3.05, 3.63) is 42.0 Å². The molecule has 1 N–H and O–H groups in total. The smallest absolute Gasteiger partial charge is 0.160 e. The van der Waals surface area contributed by atoms with Gasteiger partial charge in [0.1, 0.15) is 5.69 Å². The molecular weight excluding hydrogens is 314 g/mol. The fraction of sp³-hybridized carbons (Fsp3) is 0.444. The lowest BCUT2D eigenvalue weighted by molar-refractivity contribution is 0.494. The van der Waals surface area contributed by atoms with E-state index in [-0.39, 0.29) is 0 Å². The molecule has 0 radical (unpaired) electrons. The number of imidazole rings is 1.